The van der Waals surface area contributed by atoms with Crippen LogP contribution >= 0.6 is 22.9 Å². The quantitative estimate of drug-likeness (QED) is 0.390. The highest BCUT2D eigenvalue weighted by Gasteiger charge is 2.47. The van der Waals surface area contributed by atoms with Gasteiger partial charge in [0.15, 0.2) is 5.72 Å². The molecule has 3 aromatic rings. The number of aliphatic hydroxyl groups is 2. The zero-order chi connectivity index (χ0) is 21.5. The molecule has 30 heavy (non-hydrogen) atoms. The molecule has 2 aromatic heterocycles. The summed E-state index contributed by atoms with van der Waals surface area (Å²) in [5, 5.41) is 25.8. The molecule has 160 valence electrons. The minimum absolute atomic E-state index is 0.177. The van der Waals surface area contributed by atoms with Crippen molar-refractivity contribution in [3.8, 4) is 10.6 Å². The Labute approximate surface area is 183 Å². The normalized spacial score (nSPS) is 23.8. The lowest BCUT2D eigenvalue weighted by Crippen LogP contribution is -2.48. The van der Waals surface area contributed by atoms with E-state index in [1.807, 2.05) is 24.3 Å². The van der Waals surface area contributed by atoms with Crippen molar-refractivity contribution in [2.75, 3.05) is 38.0 Å². The molecule has 3 N–H and O–H groups in total. The number of rotatable bonds is 6. The Morgan fingerprint density at radius 3 is 2.77 bits per heavy atom. The molecule has 0 amide bonds. The van der Waals surface area contributed by atoms with Gasteiger partial charge in [-0.2, -0.15) is 4.98 Å². The van der Waals surface area contributed by atoms with E-state index in [1.54, 1.807) is 26.1 Å². The summed E-state index contributed by atoms with van der Waals surface area (Å²) in [5.41, 5.74) is -0.217. The van der Waals surface area contributed by atoms with Gasteiger partial charge in [-0.1, -0.05) is 23.7 Å². The Hall–Kier alpha value is -2.04. The highest BCUT2D eigenvalue weighted by atomic mass is 35.5. The first-order valence-corrected chi connectivity index (χ1v) is 10.8. The standard InChI is InChI=1S/C20H24ClN5O3S/c1-26(2)19-23-16(21)14(18-22-12-6-4-5-7-13(12)30-18)17(24-19)25-20(28)9-8-11(10-29-3)15(20)27/h4-7,11,15,27-28H,8-10H2,1-3H3,(H,23,24,25)/t11-,15-,20-/m1/s1. The average Bonchev–Trinajstić information content (AvgIpc) is 3.24. The van der Waals surface area contributed by atoms with Crippen LogP contribution in [0.25, 0.3) is 20.8 Å². The number of hydrogen-bond acceptors (Lipinski definition) is 9. The predicted molar refractivity (Wildman–Crippen MR) is 119 cm³/mol. The fourth-order valence-corrected chi connectivity index (χ4v) is 5.04. The summed E-state index contributed by atoms with van der Waals surface area (Å²) in [6.45, 7) is 0.364. The van der Waals surface area contributed by atoms with Crippen LogP contribution in [0.1, 0.15) is 12.8 Å². The second kappa shape index (κ2) is 8.24. The third-order valence-electron chi connectivity index (χ3n) is 5.31. The molecule has 0 bridgehead atoms. The Morgan fingerprint density at radius 1 is 1.30 bits per heavy atom. The van der Waals surface area contributed by atoms with Crippen LogP contribution in [0.4, 0.5) is 11.8 Å². The molecule has 0 unspecified atom stereocenters. The predicted octanol–water partition coefficient (Wildman–Crippen LogP) is 2.99. The van der Waals surface area contributed by atoms with Crippen molar-refractivity contribution in [2.24, 2.45) is 5.92 Å². The molecule has 3 atom stereocenters. The first-order valence-electron chi connectivity index (χ1n) is 9.61. The van der Waals surface area contributed by atoms with Gasteiger partial charge in [-0.3, -0.25) is 0 Å². The van der Waals surface area contributed by atoms with Crippen molar-refractivity contribution in [1.82, 2.24) is 15.0 Å². The zero-order valence-corrected chi connectivity index (χ0v) is 18.5. The topological polar surface area (TPSA) is 104 Å². The fourth-order valence-electron chi connectivity index (χ4n) is 3.71. The van der Waals surface area contributed by atoms with Crippen LogP contribution in [0.15, 0.2) is 24.3 Å². The van der Waals surface area contributed by atoms with Crippen molar-refractivity contribution in [3.05, 3.63) is 29.4 Å². The largest absolute Gasteiger partial charge is 0.388 e. The fraction of sp³-hybridized carbons (Fsp3) is 0.450. The summed E-state index contributed by atoms with van der Waals surface area (Å²) in [7, 11) is 5.19. The lowest BCUT2D eigenvalue weighted by atomic mass is 10.0. The first-order chi connectivity index (χ1) is 14.3. The Bertz CT molecular complexity index is 1030. The SMILES string of the molecule is COC[C@H]1CC[C@](O)(Nc2nc(N(C)C)nc(Cl)c2-c2nc3ccccc3s2)[C@@H]1O. The van der Waals surface area contributed by atoms with Crippen LogP contribution in [0.2, 0.25) is 5.15 Å². The lowest BCUT2D eigenvalue weighted by molar-refractivity contribution is -0.0574. The zero-order valence-electron chi connectivity index (χ0n) is 17.0. The number of thiazole rings is 1. The summed E-state index contributed by atoms with van der Waals surface area (Å²) in [4.78, 5) is 15.4. The van der Waals surface area contributed by atoms with Crippen molar-refractivity contribution in [2.45, 2.75) is 24.7 Å². The van der Waals surface area contributed by atoms with Crippen molar-refractivity contribution >= 4 is 44.9 Å². The third-order valence-corrected chi connectivity index (χ3v) is 6.64. The van der Waals surface area contributed by atoms with E-state index < -0.39 is 11.8 Å². The number of halogens is 1. The molecule has 10 heteroatoms. The molecule has 1 aliphatic rings. The number of para-hydroxylation sites is 1. The second-order valence-corrected chi connectivity index (χ2v) is 9.06. The molecule has 1 fully saturated rings. The van der Waals surface area contributed by atoms with Crippen LogP contribution in [-0.4, -0.2) is 64.8 Å². The lowest BCUT2D eigenvalue weighted by Gasteiger charge is -2.31. The van der Waals surface area contributed by atoms with Gasteiger partial charge in [0.1, 0.15) is 22.1 Å². The van der Waals surface area contributed by atoms with Gasteiger partial charge >= 0.3 is 0 Å². The number of nitrogens with one attached hydrogen (secondary N) is 1. The van der Waals surface area contributed by atoms with Crippen LogP contribution < -0.4 is 10.2 Å². The molecular formula is C20H24ClN5O3S. The molecule has 2 heterocycles. The third kappa shape index (κ3) is 3.83. The molecule has 1 aliphatic carbocycles. The second-order valence-electron chi connectivity index (χ2n) is 7.67. The van der Waals surface area contributed by atoms with E-state index in [2.05, 4.69) is 20.3 Å². The number of hydrogen-bond donors (Lipinski definition) is 3. The molecule has 4 rings (SSSR count). The summed E-state index contributed by atoms with van der Waals surface area (Å²) in [6, 6.07) is 7.78. The maximum atomic E-state index is 11.2. The number of nitrogens with zero attached hydrogens (tertiary/aromatic N) is 4. The van der Waals surface area contributed by atoms with Crippen molar-refractivity contribution in [1.29, 1.82) is 0 Å². The van der Waals surface area contributed by atoms with Gasteiger partial charge in [-0.25, -0.2) is 9.97 Å². The highest BCUT2D eigenvalue weighted by molar-refractivity contribution is 7.21. The van der Waals surface area contributed by atoms with E-state index in [1.165, 1.54) is 11.3 Å². The molecular weight excluding hydrogens is 426 g/mol. The number of fused-ring (bicyclic) bond motifs is 1. The maximum Gasteiger partial charge on any atom is 0.228 e. The Morgan fingerprint density at radius 2 is 2.07 bits per heavy atom. The monoisotopic (exact) mass is 449 g/mol. The van der Waals surface area contributed by atoms with Gasteiger partial charge in [0.25, 0.3) is 0 Å². The Balaban J connectivity index is 1.79. The number of benzene rings is 1. The van der Waals surface area contributed by atoms with E-state index in [0.717, 1.165) is 10.2 Å². The molecule has 1 saturated carbocycles. The number of ether oxygens (including phenoxy) is 1. The summed E-state index contributed by atoms with van der Waals surface area (Å²) in [6.07, 6.45) is -0.0495. The average molecular weight is 450 g/mol. The molecule has 0 saturated heterocycles. The molecule has 0 spiro atoms. The number of anilines is 2. The van der Waals surface area contributed by atoms with Gasteiger partial charge in [-0.15, -0.1) is 11.3 Å². The van der Waals surface area contributed by atoms with Crippen LogP contribution in [-0.2, 0) is 4.74 Å². The van der Waals surface area contributed by atoms with E-state index in [-0.39, 0.29) is 11.1 Å². The number of aromatic nitrogens is 3. The first kappa shape index (κ1) is 21.2. The smallest absolute Gasteiger partial charge is 0.228 e. The van der Waals surface area contributed by atoms with Crippen molar-refractivity contribution in [3.63, 3.8) is 0 Å². The van der Waals surface area contributed by atoms with Gasteiger partial charge in [0.05, 0.1) is 22.4 Å². The van der Waals surface area contributed by atoms with E-state index in [9.17, 15) is 10.2 Å². The number of aliphatic hydroxyl groups excluding tert-OH is 1. The molecule has 1 aromatic carbocycles. The van der Waals surface area contributed by atoms with Gasteiger partial charge in [-0.05, 0) is 25.0 Å². The van der Waals surface area contributed by atoms with Crippen molar-refractivity contribution < 1.29 is 14.9 Å². The summed E-state index contributed by atoms with van der Waals surface area (Å²) >= 11 is 8.04. The summed E-state index contributed by atoms with van der Waals surface area (Å²) in [5.74, 6) is 0.540. The highest BCUT2D eigenvalue weighted by Crippen LogP contribution is 2.42. The van der Waals surface area contributed by atoms with E-state index in [4.69, 9.17) is 16.3 Å². The summed E-state index contributed by atoms with van der Waals surface area (Å²) < 4.78 is 6.18. The molecule has 8 nitrogen and oxygen atoms in total. The van der Waals surface area contributed by atoms with Gasteiger partial charge in [0, 0.05) is 27.1 Å². The minimum Gasteiger partial charge on any atom is -0.388 e. The van der Waals surface area contributed by atoms with E-state index >= 15 is 0 Å². The van der Waals surface area contributed by atoms with Crippen LogP contribution in [0, 0.1) is 5.92 Å². The Kier molecular flexibility index (Phi) is 5.82. The van der Waals surface area contributed by atoms with E-state index in [0.29, 0.717) is 41.8 Å². The number of methoxy groups -OCH3 is 1. The van der Waals surface area contributed by atoms with Gasteiger partial charge < -0.3 is 25.2 Å². The molecule has 0 aliphatic heterocycles. The van der Waals surface area contributed by atoms with Gasteiger partial charge in [0.2, 0.25) is 5.95 Å². The van der Waals surface area contributed by atoms with Crippen LogP contribution in [0.5, 0.6) is 0 Å². The van der Waals surface area contributed by atoms with Crippen LogP contribution in [0.3, 0.4) is 0 Å². The molecule has 0 radical (unpaired) electrons. The minimum atomic E-state index is -1.56. The maximum absolute atomic E-state index is 11.2.